The molecule has 4 aromatic carbocycles. The molecule has 2 fully saturated rings. The minimum absolute atomic E-state index is 0.224. The van der Waals surface area contributed by atoms with E-state index in [1.54, 1.807) is 19.1 Å². The maximum atomic E-state index is 13.6. The topological polar surface area (TPSA) is 190 Å². The van der Waals surface area contributed by atoms with Gasteiger partial charge in [-0.2, -0.15) is 9.78 Å². The zero-order chi connectivity index (χ0) is 59.5. The first-order chi connectivity index (χ1) is 40.9. The van der Waals surface area contributed by atoms with Crippen LogP contribution in [0, 0.1) is 37.5 Å². The van der Waals surface area contributed by atoms with Crippen molar-refractivity contribution in [1.29, 1.82) is 0 Å². The smallest absolute Gasteiger partial charge is 0.330 e. The van der Waals surface area contributed by atoms with E-state index in [1.807, 2.05) is 60.7 Å². The molecule has 0 bridgehead atoms. The Labute approximate surface area is 498 Å². The Balaban J connectivity index is 0.000000354. The Kier molecular flexibility index (Phi) is 26.9. The zero-order valence-corrected chi connectivity index (χ0v) is 50.3. The predicted octanol–water partition coefficient (Wildman–Crippen LogP) is 16.5. The van der Waals surface area contributed by atoms with E-state index >= 15 is 0 Å². The number of thiazole rings is 1. The van der Waals surface area contributed by atoms with Crippen LogP contribution in [0.5, 0.6) is 28.7 Å². The molecule has 17 heteroatoms. The van der Waals surface area contributed by atoms with Crippen LogP contribution in [0.25, 0.3) is 32.0 Å². The lowest BCUT2D eigenvalue weighted by molar-refractivity contribution is -0.277. The van der Waals surface area contributed by atoms with Gasteiger partial charge in [0.15, 0.2) is 28.0 Å². The Morgan fingerprint density at radius 1 is 0.655 bits per heavy atom. The average Bonchev–Trinajstić information content (AvgIpc) is 4.38. The lowest BCUT2D eigenvalue weighted by Gasteiger charge is -2.26. The van der Waals surface area contributed by atoms with Crippen LogP contribution in [0.15, 0.2) is 109 Å². The number of esters is 3. The highest BCUT2D eigenvalue weighted by atomic mass is 32.1. The van der Waals surface area contributed by atoms with Gasteiger partial charge in [0.1, 0.15) is 33.4 Å². The van der Waals surface area contributed by atoms with Crippen molar-refractivity contribution in [3.8, 4) is 39.5 Å². The molecule has 1 atom stereocenters. The van der Waals surface area contributed by atoms with Crippen molar-refractivity contribution in [3.05, 3.63) is 121 Å². The number of fused-ring (bicyclic) bond motifs is 2. The maximum Gasteiger partial charge on any atom is 0.330 e. The van der Waals surface area contributed by atoms with E-state index in [9.17, 15) is 14.4 Å². The molecule has 2 aliphatic rings. The van der Waals surface area contributed by atoms with Crippen LogP contribution < -0.4 is 24.0 Å². The molecule has 6 aromatic rings. The fraction of sp³-hybridized carbons (Fsp3) is 0.493. The Hall–Kier alpha value is -6.76. The van der Waals surface area contributed by atoms with Crippen molar-refractivity contribution in [1.82, 2.24) is 4.98 Å². The fourth-order valence-corrected chi connectivity index (χ4v) is 11.2. The molecule has 0 saturated heterocycles. The summed E-state index contributed by atoms with van der Waals surface area (Å²) in [7, 11) is 0. The molecule has 2 saturated carbocycles. The number of benzene rings is 4. The highest BCUT2D eigenvalue weighted by Gasteiger charge is 2.30. The zero-order valence-electron chi connectivity index (χ0n) is 49.4. The van der Waals surface area contributed by atoms with Gasteiger partial charge in [0.2, 0.25) is 0 Å². The SMILES string of the molecule is C=CC(=O)OCCCCCCCCOc1ccc([C@H](C)OO)cc1.C=CC(=O)OCCCCCCOc1ccc(OOCC2CCC(C(=O)Oc3ccc(OOCC4CCC(C)CC4)c4nc(-c5cc6c(C)cc(C)cc6o5)sc34)CC2)cc1. The molecule has 2 aromatic heterocycles. The number of nitrogens with zero attached hydrogens (tertiary/aromatic N) is 1. The molecule has 0 unspecified atom stereocenters. The van der Waals surface area contributed by atoms with Crippen molar-refractivity contribution in [2.45, 2.75) is 149 Å². The molecular weight excluding hydrogens is 1090 g/mol. The highest BCUT2D eigenvalue weighted by molar-refractivity contribution is 7.22. The second-order valence-electron chi connectivity index (χ2n) is 22.1. The molecule has 2 heterocycles. The summed E-state index contributed by atoms with van der Waals surface area (Å²) in [5.74, 6) is 4.07. The van der Waals surface area contributed by atoms with Gasteiger partial charge >= 0.3 is 17.9 Å². The minimum Gasteiger partial charge on any atom is -0.494 e. The van der Waals surface area contributed by atoms with Gasteiger partial charge in [0.25, 0.3) is 0 Å². The van der Waals surface area contributed by atoms with E-state index < -0.39 is 0 Å². The van der Waals surface area contributed by atoms with E-state index in [2.05, 4.69) is 44.9 Å². The molecule has 0 radical (unpaired) electrons. The van der Waals surface area contributed by atoms with Gasteiger partial charge in [-0.1, -0.05) is 76.8 Å². The summed E-state index contributed by atoms with van der Waals surface area (Å²) in [4.78, 5) is 67.7. The maximum absolute atomic E-state index is 13.6. The van der Waals surface area contributed by atoms with Crippen LogP contribution >= 0.6 is 11.3 Å². The van der Waals surface area contributed by atoms with Crippen molar-refractivity contribution in [3.63, 3.8) is 0 Å². The highest BCUT2D eigenvalue weighted by Crippen LogP contribution is 2.43. The molecule has 454 valence electrons. The largest absolute Gasteiger partial charge is 0.494 e. The monoisotopic (exact) mass is 1180 g/mol. The van der Waals surface area contributed by atoms with Gasteiger partial charge in [0, 0.05) is 17.5 Å². The number of hydrogen-bond acceptors (Lipinski definition) is 17. The molecule has 16 nitrogen and oxygen atoms in total. The molecule has 1 N–H and O–H groups in total. The summed E-state index contributed by atoms with van der Waals surface area (Å²) in [6, 6.07) is 24.7. The lowest BCUT2D eigenvalue weighted by Crippen LogP contribution is -2.27. The van der Waals surface area contributed by atoms with Crippen molar-refractivity contribution >= 4 is 50.4 Å². The van der Waals surface area contributed by atoms with Gasteiger partial charge in [-0.05, 0) is 193 Å². The number of aryl methyl sites for hydroxylation is 2. The molecule has 0 spiro atoms. The molecule has 8 rings (SSSR count). The first-order valence-electron chi connectivity index (χ1n) is 30.0. The third-order valence-corrected chi connectivity index (χ3v) is 16.5. The van der Waals surface area contributed by atoms with Crippen molar-refractivity contribution in [2.75, 3.05) is 39.6 Å². The molecule has 0 aliphatic heterocycles. The van der Waals surface area contributed by atoms with Crippen LogP contribution in [0.1, 0.15) is 152 Å². The number of carbonyl (C=O) groups is 3. The van der Waals surface area contributed by atoms with Crippen LogP contribution in [0.2, 0.25) is 0 Å². The third kappa shape index (κ3) is 21.1. The average molecular weight is 1180 g/mol. The molecule has 0 amide bonds. The number of hydrogen-bond donors (Lipinski definition) is 1. The molecule has 84 heavy (non-hydrogen) atoms. The number of ether oxygens (including phenoxy) is 5. The van der Waals surface area contributed by atoms with Gasteiger partial charge in [0.05, 0.1) is 45.6 Å². The van der Waals surface area contributed by atoms with E-state index in [1.165, 1.54) is 36.3 Å². The Morgan fingerprint density at radius 2 is 1.18 bits per heavy atom. The summed E-state index contributed by atoms with van der Waals surface area (Å²) in [5.41, 5.74) is 4.56. The molecular formula is C67H85NO15S. The van der Waals surface area contributed by atoms with E-state index in [0.717, 1.165) is 135 Å². The second kappa shape index (κ2) is 34.9. The van der Waals surface area contributed by atoms with Crippen LogP contribution in [0.4, 0.5) is 0 Å². The van der Waals surface area contributed by atoms with E-state index in [-0.39, 0.29) is 35.8 Å². The summed E-state index contributed by atoms with van der Waals surface area (Å²) in [6.45, 7) is 18.1. The summed E-state index contributed by atoms with van der Waals surface area (Å²) in [5, 5.41) is 10.3. The quantitative estimate of drug-likeness (QED) is 0.0102. The Bertz CT molecular complexity index is 2970. The van der Waals surface area contributed by atoms with E-state index in [0.29, 0.717) is 96.6 Å². The van der Waals surface area contributed by atoms with Crippen molar-refractivity contribution in [2.24, 2.45) is 23.7 Å². The standard InChI is InChI=1S/C48H57NO10S.C19H28O5/c1-5-44(50)53-25-9-7-6-8-24-52-37-18-20-38(21-19-37)58-54-29-35-14-16-36(17-15-35)48(51)57-41-23-22-40(59-55-30-34-12-10-31(2)11-13-34)45-46(41)60-47(49-45)43-28-39-33(4)26-32(3)27-42(39)56-43;1-3-19(20)23-15-9-7-5-4-6-8-14-22-18-12-10-17(11-13-18)16(2)24-21/h5,18-23,26-28,31,34-36H,1,6-17,24-25,29-30H2,2-4H3;3,10-13,16,21H,1,4-9,14-15H2,2H3/t;16-/m.0/s1. The van der Waals surface area contributed by atoms with Crippen LogP contribution in [-0.2, 0) is 38.5 Å². The number of furan rings is 1. The number of aromatic nitrogens is 1. The van der Waals surface area contributed by atoms with Gasteiger partial charge in [-0.15, -0.1) is 11.3 Å². The molecule has 2 aliphatic carbocycles. The Morgan fingerprint density at radius 3 is 1.76 bits per heavy atom. The van der Waals surface area contributed by atoms with Gasteiger partial charge in [-0.3, -0.25) is 10.1 Å². The number of unbranched alkanes of at least 4 members (excludes halogenated alkanes) is 8. The van der Waals surface area contributed by atoms with E-state index in [4.69, 9.17) is 57.9 Å². The van der Waals surface area contributed by atoms with Gasteiger partial charge in [-0.25, -0.2) is 19.5 Å². The number of rotatable bonds is 33. The van der Waals surface area contributed by atoms with Crippen LogP contribution in [-0.4, -0.2) is 67.8 Å². The fourth-order valence-electron chi connectivity index (χ4n) is 10.3. The van der Waals surface area contributed by atoms with Crippen LogP contribution in [0.3, 0.4) is 0 Å². The normalized spacial score (nSPS) is 17.1. The lowest BCUT2D eigenvalue weighted by atomic mass is 9.82. The van der Waals surface area contributed by atoms with Crippen molar-refractivity contribution < 1.29 is 72.2 Å². The first kappa shape index (κ1) is 64.8. The summed E-state index contributed by atoms with van der Waals surface area (Å²) in [6.07, 6.45) is 19.9. The van der Waals surface area contributed by atoms with Gasteiger partial charge < -0.3 is 37.9 Å². The summed E-state index contributed by atoms with van der Waals surface area (Å²) >= 11 is 1.41. The summed E-state index contributed by atoms with van der Waals surface area (Å²) < 4.78 is 34.6. The number of carbonyl (C=O) groups excluding carboxylic acids is 3. The first-order valence-corrected chi connectivity index (χ1v) is 30.8. The minimum atomic E-state index is -0.382. The predicted molar refractivity (Wildman–Crippen MR) is 324 cm³/mol. The third-order valence-electron chi connectivity index (χ3n) is 15.4. The second-order valence-corrected chi connectivity index (χ2v) is 23.1.